The Morgan fingerprint density at radius 2 is 1.95 bits per heavy atom. The van der Waals surface area contributed by atoms with E-state index in [1.54, 1.807) is 6.92 Å². The predicted octanol–water partition coefficient (Wildman–Crippen LogP) is 3.42. The van der Waals surface area contributed by atoms with Crippen LogP contribution in [0, 0.1) is 12.8 Å². The van der Waals surface area contributed by atoms with Gasteiger partial charge in [-0.2, -0.15) is 0 Å². The third-order valence-corrected chi connectivity index (χ3v) is 3.69. The van der Waals surface area contributed by atoms with E-state index in [1.807, 2.05) is 0 Å². The quantitative estimate of drug-likeness (QED) is 0.882. The molecule has 19 heavy (non-hydrogen) atoms. The summed E-state index contributed by atoms with van der Waals surface area (Å²) in [6, 6.07) is 6.51. The zero-order valence-electron chi connectivity index (χ0n) is 12.8. The van der Waals surface area contributed by atoms with E-state index in [0.717, 1.165) is 12.8 Å². The number of rotatable bonds is 5. The Balaban J connectivity index is 2.83. The molecule has 0 fully saturated rings. The number of benzene rings is 1. The standard InChI is InChI=1S/C17H26O2/c1-12-6-7-14(10-16(12)17(3,4)5)8-9-15(11-18)13(2)19/h6-7,10,15,18H,8-9,11H2,1-5H3. The number of aryl methyl sites for hydroxylation is 2. The van der Waals surface area contributed by atoms with Crippen LogP contribution in [0.15, 0.2) is 18.2 Å². The van der Waals surface area contributed by atoms with Gasteiger partial charge in [0.15, 0.2) is 0 Å². The monoisotopic (exact) mass is 262 g/mol. The Bertz CT molecular complexity index is 441. The van der Waals surface area contributed by atoms with Gasteiger partial charge in [-0.3, -0.25) is 4.79 Å². The van der Waals surface area contributed by atoms with E-state index >= 15 is 0 Å². The molecule has 0 heterocycles. The molecule has 1 aromatic rings. The number of Topliss-reactive ketones (excluding diaryl/α,β-unsaturated/α-hetero) is 1. The first-order chi connectivity index (χ1) is 8.75. The molecule has 1 atom stereocenters. The molecule has 0 aliphatic rings. The lowest BCUT2D eigenvalue weighted by Crippen LogP contribution is -2.17. The highest BCUT2D eigenvalue weighted by atomic mass is 16.3. The molecule has 0 amide bonds. The van der Waals surface area contributed by atoms with Crippen molar-refractivity contribution in [1.29, 1.82) is 0 Å². The van der Waals surface area contributed by atoms with E-state index in [1.165, 1.54) is 16.7 Å². The number of ketones is 1. The fourth-order valence-electron chi connectivity index (χ4n) is 2.40. The highest BCUT2D eigenvalue weighted by molar-refractivity contribution is 5.78. The van der Waals surface area contributed by atoms with Crippen molar-refractivity contribution in [3.8, 4) is 0 Å². The lowest BCUT2D eigenvalue weighted by Gasteiger charge is -2.23. The van der Waals surface area contributed by atoms with Gasteiger partial charge in [0, 0.05) is 5.92 Å². The zero-order chi connectivity index (χ0) is 14.6. The number of hydrogen-bond acceptors (Lipinski definition) is 2. The van der Waals surface area contributed by atoms with Crippen molar-refractivity contribution in [2.24, 2.45) is 5.92 Å². The number of hydrogen-bond donors (Lipinski definition) is 1. The van der Waals surface area contributed by atoms with E-state index in [0.29, 0.717) is 0 Å². The summed E-state index contributed by atoms with van der Waals surface area (Å²) in [5.74, 6) is -0.148. The van der Waals surface area contributed by atoms with E-state index in [2.05, 4.69) is 45.9 Å². The van der Waals surface area contributed by atoms with Gasteiger partial charge < -0.3 is 5.11 Å². The maximum absolute atomic E-state index is 11.3. The molecular formula is C17H26O2. The first kappa shape index (κ1) is 15.9. The second-order valence-electron chi connectivity index (χ2n) is 6.43. The highest BCUT2D eigenvalue weighted by Gasteiger charge is 2.17. The predicted molar refractivity (Wildman–Crippen MR) is 79.5 cm³/mol. The lowest BCUT2D eigenvalue weighted by molar-refractivity contribution is -0.122. The van der Waals surface area contributed by atoms with Crippen LogP contribution in [-0.4, -0.2) is 17.5 Å². The normalized spacial score (nSPS) is 13.4. The Kier molecular flexibility index (Phi) is 5.30. The Labute approximate surface area is 116 Å². The summed E-state index contributed by atoms with van der Waals surface area (Å²) < 4.78 is 0. The summed E-state index contributed by atoms with van der Waals surface area (Å²) in [6.07, 6.45) is 1.56. The van der Waals surface area contributed by atoms with Crippen LogP contribution in [0.1, 0.15) is 50.8 Å². The summed E-state index contributed by atoms with van der Waals surface area (Å²) in [5, 5.41) is 9.18. The molecule has 2 nitrogen and oxygen atoms in total. The molecule has 1 unspecified atom stereocenters. The van der Waals surface area contributed by atoms with Crippen molar-refractivity contribution in [3.05, 3.63) is 34.9 Å². The van der Waals surface area contributed by atoms with Gasteiger partial charge in [-0.1, -0.05) is 39.0 Å². The van der Waals surface area contributed by atoms with Crippen LogP contribution < -0.4 is 0 Å². The van der Waals surface area contributed by atoms with Gasteiger partial charge >= 0.3 is 0 Å². The van der Waals surface area contributed by atoms with Crippen LogP contribution in [0.5, 0.6) is 0 Å². The zero-order valence-corrected chi connectivity index (χ0v) is 12.8. The molecule has 0 radical (unpaired) electrons. The minimum atomic E-state index is -0.223. The number of carbonyl (C=O) groups excluding carboxylic acids is 1. The van der Waals surface area contributed by atoms with Gasteiger partial charge in [0.05, 0.1) is 6.61 Å². The average molecular weight is 262 g/mol. The van der Waals surface area contributed by atoms with E-state index in [4.69, 9.17) is 0 Å². The largest absolute Gasteiger partial charge is 0.396 e. The highest BCUT2D eigenvalue weighted by Crippen LogP contribution is 2.27. The first-order valence-corrected chi connectivity index (χ1v) is 6.97. The van der Waals surface area contributed by atoms with Crippen LogP contribution in [-0.2, 0) is 16.6 Å². The molecule has 106 valence electrons. The van der Waals surface area contributed by atoms with Gasteiger partial charge in [-0.05, 0) is 48.8 Å². The van der Waals surface area contributed by atoms with Crippen LogP contribution in [0.3, 0.4) is 0 Å². The molecule has 0 saturated heterocycles. The summed E-state index contributed by atoms with van der Waals surface area (Å²) in [7, 11) is 0. The van der Waals surface area contributed by atoms with Crippen LogP contribution in [0.4, 0.5) is 0 Å². The molecule has 2 heteroatoms. The molecular weight excluding hydrogens is 236 g/mol. The number of carbonyl (C=O) groups is 1. The first-order valence-electron chi connectivity index (χ1n) is 6.97. The Morgan fingerprint density at radius 3 is 2.42 bits per heavy atom. The summed E-state index contributed by atoms with van der Waals surface area (Å²) in [5.41, 5.74) is 4.04. The van der Waals surface area contributed by atoms with Crippen LogP contribution >= 0.6 is 0 Å². The van der Waals surface area contributed by atoms with Crippen molar-refractivity contribution in [1.82, 2.24) is 0 Å². The fraction of sp³-hybridized carbons (Fsp3) is 0.588. The minimum absolute atomic E-state index is 0.0483. The molecule has 1 aromatic carbocycles. The fourth-order valence-corrected chi connectivity index (χ4v) is 2.40. The van der Waals surface area contributed by atoms with Gasteiger partial charge in [0.2, 0.25) is 0 Å². The second-order valence-corrected chi connectivity index (χ2v) is 6.43. The van der Waals surface area contributed by atoms with E-state index in [-0.39, 0.29) is 23.7 Å². The van der Waals surface area contributed by atoms with E-state index in [9.17, 15) is 9.90 Å². The van der Waals surface area contributed by atoms with Crippen molar-refractivity contribution in [3.63, 3.8) is 0 Å². The molecule has 0 spiro atoms. The molecule has 0 aliphatic carbocycles. The summed E-state index contributed by atoms with van der Waals surface area (Å²) >= 11 is 0. The van der Waals surface area contributed by atoms with Gasteiger partial charge in [0.1, 0.15) is 5.78 Å². The molecule has 0 bridgehead atoms. The smallest absolute Gasteiger partial charge is 0.135 e. The maximum atomic E-state index is 11.3. The lowest BCUT2D eigenvalue weighted by atomic mass is 9.82. The summed E-state index contributed by atoms with van der Waals surface area (Å²) in [4.78, 5) is 11.3. The third-order valence-electron chi connectivity index (χ3n) is 3.69. The van der Waals surface area contributed by atoms with Gasteiger partial charge in [0.25, 0.3) is 0 Å². The SMILES string of the molecule is CC(=O)C(CO)CCc1ccc(C)c(C(C)(C)C)c1. The topological polar surface area (TPSA) is 37.3 Å². The third kappa shape index (κ3) is 4.46. The Hall–Kier alpha value is -1.15. The molecule has 0 aliphatic heterocycles. The molecule has 0 aromatic heterocycles. The molecule has 0 saturated carbocycles. The molecule has 1 rings (SSSR count). The number of aliphatic hydroxyl groups excluding tert-OH is 1. The minimum Gasteiger partial charge on any atom is -0.396 e. The van der Waals surface area contributed by atoms with Gasteiger partial charge in [-0.25, -0.2) is 0 Å². The van der Waals surface area contributed by atoms with Crippen LogP contribution in [0.2, 0.25) is 0 Å². The number of aliphatic hydroxyl groups is 1. The van der Waals surface area contributed by atoms with Crippen molar-refractivity contribution >= 4 is 5.78 Å². The maximum Gasteiger partial charge on any atom is 0.135 e. The van der Waals surface area contributed by atoms with Crippen molar-refractivity contribution < 1.29 is 9.90 Å². The van der Waals surface area contributed by atoms with Gasteiger partial charge in [-0.15, -0.1) is 0 Å². The summed E-state index contributed by atoms with van der Waals surface area (Å²) in [6.45, 7) is 10.3. The second kappa shape index (κ2) is 6.33. The van der Waals surface area contributed by atoms with Crippen LogP contribution in [0.25, 0.3) is 0 Å². The average Bonchev–Trinajstić information content (AvgIpc) is 2.30. The Morgan fingerprint density at radius 1 is 1.32 bits per heavy atom. The van der Waals surface area contributed by atoms with Crippen molar-refractivity contribution in [2.75, 3.05) is 6.61 Å². The van der Waals surface area contributed by atoms with E-state index < -0.39 is 0 Å². The van der Waals surface area contributed by atoms with Crippen molar-refractivity contribution in [2.45, 2.75) is 52.9 Å². The molecule has 1 N–H and O–H groups in total.